The fraction of sp³-hybridized carbons (Fsp3) is 0.896. The molecule has 0 spiro atoms. The van der Waals surface area contributed by atoms with Crippen molar-refractivity contribution in [3.05, 3.63) is 24.3 Å². The molecule has 5 heteroatoms. The summed E-state index contributed by atoms with van der Waals surface area (Å²) < 4.78 is 0. The Labute approximate surface area is 331 Å². The highest BCUT2D eigenvalue weighted by atomic mass is 16.3. The number of allylic oxidation sites excluding steroid dienone is 4. The summed E-state index contributed by atoms with van der Waals surface area (Å²) in [6.45, 7) is 4.17. The molecule has 3 atom stereocenters. The van der Waals surface area contributed by atoms with Gasteiger partial charge in [0.2, 0.25) is 5.91 Å². The number of aliphatic hydroxyl groups is 3. The summed E-state index contributed by atoms with van der Waals surface area (Å²) in [5.41, 5.74) is 0. The van der Waals surface area contributed by atoms with Crippen LogP contribution in [-0.2, 0) is 4.79 Å². The topological polar surface area (TPSA) is 89.8 Å². The van der Waals surface area contributed by atoms with Gasteiger partial charge < -0.3 is 20.6 Å². The Balaban J connectivity index is 3.59. The van der Waals surface area contributed by atoms with Crippen LogP contribution in [0.5, 0.6) is 0 Å². The number of rotatable bonds is 43. The van der Waals surface area contributed by atoms with E-state index < -0.39 is 18.2 Å². The summed E-state index contributed by atoms with van der Waals surface area (Å²) in [6, 6.07) is -0.825. The highest BCUT2D eigenvalue weighted by Gasteiger charge is 2.26. The van der Waals surface area contributed by atoms with Crippen LogP contribution >= 0.6 is 0 Å². The lowest BCUT2D eigenvalue weighted by Crippen LogP contribution is -2.50. The first-order valence-corrected chi connectivity index (χ1v) is 23.6. The van der Waals surface area contributed by atoms with E-state index in [4.69, 9.17) is 0 Å². The predicted octanol–water partition coefficient (Wildman–Crippen LogP) is 13.8. The van der Waals surface area contributed by atoms with Gasteiger partial charge in [-0.1, -0.05) is 205 Å². The second-order valence-corrected chi connectivity index (χ2v) is 16.3. The fourth-order valence-corrected chi connectivity index (χ4v) is 7.33. The molecule has 5 nitrogen and oxygen atoms in total. The second kappa shape index (κ2) is 43.6. The number of hydrogen-bond donors (Lipinski definition) is 4. The molecule has 0 bridgehead atoms. The molecule has 314 valence electrons. The van der Waals surface area contributed by atoms with Crippen LogP contribution in [0.3, 0.4) is 0 Å². The minimum absolute atomic E-state index is 0.155. The van der Waals surface area contributed by atoms with Gasteiger partial charge in [-0.15, -0.1) is 0 Å². The maximum atomic E-state index is 12.4. The summed E-state index contributed by atoms with van der Waals surface area (Å²) >= 11 is 0. The molecule has 53 heavy (non-hydrogen) atoms. The summed E-state index contributed by atoms with van der Waals surface area (Å²) in [6.07, 6.45) is 53.0. The Hall–Kier alpha value is -1.17. The molecule has 0 aromatic heterocycles. The van der Waals surface area contributed by atoms with Gasteiger partial charge in [0, 0.05) is 6.42 Å². The Morgan fingerprint density at radius 2 is 0.755 bits per heavy atom. The first-order chi connectivity index (χ1) is 26.1. The number of nitrogens with one attached hydrogen (secondary N) is 1. The van der Waals surface area contributed by atoms with Crippen molar-refractivity contribution in [3.8, 4) is 0 Å². The maximum absolute atomic E-state index is 12.4. The van der Waals surface area contributed by atoms with Crippen molar-refractivity contribution in [2.75, 3.05) is 6.61 Å². The number of unbranched alkanes of at least 4 members (excludes halogenated alkanes) is 31. The number of hydrogen-bond acceptors (Lipinski definition) is 4. The average molecular weight is 748 g/mol. The van der Waals surface area contributed by atoms with Crippen LogP contribution in [0.4, 0.5) is 0 Å². The molecule has 0 aromatic carbocycles. The van der Waals surface area contributed by atoms with Crippen molar-refractivity contribution < 1.29 is 20.1 Å². The van der Waals surface area contributed by atoms with Gasteiger partial charge >= 0.3 is 0 Å². The van der Waals surface area contributed by atoms with Gasteiger partial charge in [0.25, 0.3) is 0 Å². The Bertz CT molecular complexity index is 784. The molecule has 4 N–H and O–H groups in total. The minimum atomic E-state index is -1.16. The normalized spacial score (nSPS) is 13.7. The Morgan fingerprint density at radius 1 is 0.453 bits per heavy atom. The van der Waals surface area contributed by atoms with E-state index in [0.29, 0.717) is 12.8 Å². The molecule has 0 saturated carbocycles. The molecular formula is C48H93NO4. The molecule has 0 aliphatic rings. The van der Waals surface area contributed by atoms with Crippen LogP contribution in [0.25, 0.3) is 0 Å². The average Bonchev–Trinajstić information content (AvgIpc) is 3.16. The maximum Gasteiger partial charge on any atom is 0.220 e. The van der Waals surface area contributed by atoms with Crippen molar-refractivity contribution in [3.63, 3.8) is 0 Å². The van der Waals surface area contributed by atoms with Gasteiger partial charge in [0.1, 0.15) is 6.10 Å². The molecule has 0 saturated heterocycles. The van der Waals surface area contributed by atoms with Crippen molar-refractivity contribution in [2.24, 2.45) is 0 Å². The largest absolute Gasteiger partial charge is 0.394 e. The first-order valence-electron chi connectivity index (χ1n) is 23.6. The third-order valence-corrected chi connectivity index (χ3v) is 11.0. The van der Waals surface area contributed by atoms with Gasteiger partial charge in [0.05, 0.1) is 18.8 Å². The van der Waals surface area contributed by atoms with Gasteiger partial charge in [-0.3, -0.25) is 4.79 Å². The van der Waals surface area contributed by atoms with Crippen LogP contribution in [-0.4, -0.2) is 46.1 Å². The van der Waals surface area contributed by atoms with Crippen molar-refractivity contribution in [2.45, 2.75) is 270 Å². The molecule has 0 heterocycles. The summed E-state index contributed by atoms with van der Waals surface area (Å²) in [4.78, 5) is 12.4. The van der Waals surface area contributed by atoms with Crippen LogP contribution in [0.2, 0.25) is 0 Å². The lowest BCUT2D eigenvalue weighted by Gasteiger charge is -2.26. The number of amides is 1. The highest BCUT2D eigenvalue weighted by molar-refractivity contribution is 5.76. The van der Waals surface area contributed by atoms with E-state index >= 15 is 0 Å². The van der Waals surface area contributed by atoms with E-state index in [9.17, 15) is 20.1 Å². The summed E-state index contributed by atoms with van der Waals surface area (Å²) in [5, 5.41) is 33.5. The molecule has 0 fully saturated rings. The zero-order valence-electron chi connectivity index (χ0n) is 35.7. The monoisotopic (exact) mass is 748 g/mol. The highest BCUT2D eigenvalue weighted by Crippen LogP contribution is 2.16. The molecule has 0 aliphatic carbocycles. The molecule has 0 rings (SSSR count). The van der Waals surface area contributed by atoms with Gasteiger partial charge in [-0.2, -0.15) is 0 Å². The molecule has 1 amide bonds. The standard InChI is InChI=1S/C48H93NO4/c1-3-5-7-9-11-13-15-17-19-20-21-22-23-24-25-26-27-28-29-31-33-35-37-39-41-43-47(52)49-45(44-50)48(53)46(51)42-40-38-36-34-32-30-18-16-14-12-10-8-6-4-2/h24-25,34,36,45-46,48,50-51,53H,3-23,26-33,35,37-44H2,1-2H3,(H,49,52)/b25-24-,36-34+. The van der Waals surface area contributed by atoms with Gasteiger partial charge in [0.15, 0.2) is 0 Å². The number of carbonyl (C=O) groups excluding carboxylic acids is 1. The zero-order chi connectivity index (χ0) is 38.7. The molecule has 0 aliphatic heterocycles. The van der Waals surface area contributed by atoms with E-state index in [2.05, 4.69) is 43.5 Å². The molecule has 0 aromatic rings. The third-order valence-electron chi connectivity index (χ3n) is 11.0. The van der Waals surface area contributed by atoms with Crippen LogP contribution in [0.1, 0.15) is 251 Å². The molecular weight excluding hydrogens is 655 g/mol. The smallest absolute Gasteiger partial charge is 0.220 e. The van der Waals surface area contributed by atoms with Crippen molar-refractivity contribution >= 4 is 5.91 Å². The Kier molecular flexibility index (Phi) is 42.6. The van der Waals surface area contributed by atoms with E-state index in [1.807, 2.05) is 0 Å². The SMILES string of the molecule is CCCCCCCCCCC/C=C/CCCC(O)C(O)C(CO)NC(=O)CCCCCCCCCCC/C=C\CCCCCCCCCCCCCC. The summed E-state index contributed by atoms with van der Waals surface area (Å²) in [5.74, 6) is -0.155. The van der Waals surface area contributed by atoms with E-state index in [0.717, 1.165) is 38.5 Å². The van der Waals surface area contributed by atoms with E-state index in [1.165, 1.54) is 186 Å². The van der Waals surface area contributed by atoms with Crippen LogP contribution in [0.15, 0.2) is 24.3 Å². The summed E-state index contributed by atoms with van der Waals surface area (Å²) in [7, 11) is 0. The third kappa shape index (κ3) is 38.9. The van der Waals surface area contributed by atoms with Crippen LogP contribution in [0, 0.1) is 0 Å². The van der Waals surface area contributed by atoms with Gasteiger partial charge in [-0.25, -0.2) is 0 Å². The number of aliphatic hydroxyl groups excluding tert-OH is 3. The second-order valence-electron chi connectivity index (χ2n) is 16.3. The lowest BCUT2D eigenvalue weighted by atomic mass is 10.0. The van der Waals surface area contributed by atoms with Crippen LogP contribution < -0.4 is 5.32 Å². The quantitative estimate of drug-likeness (QED) is 0.0369. The fourth-order valence-electron chi connectivity index (χ4n) is 7.33. The minimum Gasteiger partial charge on any atom is -0.394 e. The lowest BCUT2D eigenvalue weighted by molar-refractivity contribution is -0.124. The molecule has 0 radical (unpaired) electrons. The first kappa shape index (κ1) is 51.8. The van der Waals surface area contributed by atoms with E-state index in [1.54, 1.807) is 0 Å². The Morgan fingerprint density at radius 3 is 1.09 bits per heavy atom. The van der Waals surface area contributed by atoms with E-state index in [-0.39, 0.29) is 12.5 Å². The zero-order valence-corrected chi connectivity index (χ0v) is 35.7. The van der Waals surface area contributed by atoms with Crippen molar-refractivity contribution in [1.82, 2.24) is 5.32 Å². The predicted molar refractivity (Wildman–Crippen MR) is 231 cm³/mol. The molecule has 3 unspecified atom stereocenters. The number of carbonyl (C=O) groups is 1. The van der Waals surface area contributed by atoms with Crippen molar-refractivity contribution in [1.29, 1.82) is 0 Å². The van der Waals surface area contributed by atoms with Gasteiger partial charge in [-0.05, 0) is 64.2 Å².